The molecule has 2 aromatic heterocycles. The van der Waals surface area contributed by atoms with E-state index in [0.29, 0.717) is 11.9 Å². The lowest BCUT2D eigenvalue weighted by Gasteiger charge is -2.34. The Hall–Kier alpha value is -0.740. The zero-order chi connectivity index (χ0) is 13.4. The van der Waals surface area contributed by atoms with Crippen molar-refractivity contribution in [1.82, 2.24) is 9.38 Å². The number of halogens is 1. The first-order chi connectivity index (χ1) is 9.20. The van der Waals surface area contributed by atoms with E-state index in [1.54, 1.807) is 11.3 Å². The summed E-state index contributed by atoms with van der Waals surface area (Å²) in [5.74, 6) is 2.46. The second-order valence-electron chi connectivity index (χ2n) is 5.60. The highest BCUT2D eigenvalue weighted by Gasteiger charge is 2.25. The van der Waals surface area contributed by atoms with Crippen molar-refractivity contribution >= 4 is 33.7 Å². The Morgan fingerprint density at radius 2 is 2.16 bits per heavy atom. The highest BCUT2D eigenvalue weighted by molar-refractivity contribution is 7.15. The highest BCUT2D eigenvalue weighted by Crippen LogP contribution is 2.32. The lowest BCUT2D eigenvalue weighted by molar-refractivity contribution is 0.340. The van der Waals surface area contributed by atoms with E-state index in [1.165, 1.54) is 25.7 Å². The average molecular weight is 298 g/mol. The first kappa shape index (κ1) is 13.3. The Morgan fingerprint density at radius 1 is 1.42 bits per heavy atom. The van der Waals surface area contributed by atoms with E-state index in [4.69, 9.17) is 16.6 Å². The van der Waals surface area contributed by atoms with Gasteiger partial charge in [0.1, 0.15) is 0 Å². The molecule has 0 saturated heterocycles. The van der Waals surface area contributed by atoms with Crippen LogP contribution in [-0.4, -0.2) is 22.5 Å². The molecule has 0 amide bonds. The minimum atomic E-state index is 0.515. The Kier molecular flexibility index (Phi) is 3.72. The van der Waals surface area contributed by atoms with Gasteiger partial charge >= 0.3 is 0 Å². The molecule has 0 aliphatic heterocycles. The first-order valence-corrected chi connectivity index (χ1v) is 8.35. The van der Waals surface area contributed by atoms with E-state index in [9.17, 15) is 0 Å². The topological polar surface area (TPSA) is 20.5 Å². The Morgan fingerprint density at radius 3 is 2.84 bits per heavy atom. The minimum Gasteiger partial charge on any atom is -0.355 e. The molecular formula is C14H20ClN3S. The molecule has 0 atom stereocenters. The molecule has 0 radical (unpaired) electrons. The molecular weight excluding hydrogens is 278 g/mol. The third-order valence-corrected chi connectivity index (χ3v) is 5.34. The third-order valence-electron chi connectivity index (χ3n) is 4.33. The van der Waals surface area contributed by atoms with Gasteiger partial charge < -0.3 is 4.90 Å². The molecule has 3 rings (SSSR count). The molecule has 0 aromatic carbocycles. The molecule has 5 heteroatoms. The zero-order valence-corrected chi connectivity index (χ0v) is 13.0. The number of rotatable bonds is 3. The molecule has 0 spiro atoms. The smallest absolute Gasteiger partial charge is 0.195 e. The van der Waals surface area contributed by atoms with Crippen molar-refractivity contribution in [2.45, 2.75) is 44.5 Å². The van der Waals surface area contributed by atoms with Crippen LogP contribution in [0.1, 0.15) is 38.3 Å². The first-order valence-electron chi connectivity index (χ1n) is 6.94. The predicted molar refractivity (Wildman–Crippen MR) is 82.4 cm³/mol. The van der Waals surface area contributed by atoms with Gasteiger partial charge in [0.15, 0.2) is 10.8 Å². The molecule has 2 aromatic rings. The fourth-order valence-electron chi connectivity index (χ4n) is 3.03. The number of fused-ring (bicyclic) bond motifs is 1. The van der Waals surface area contributed by atoms with Crippen LogP contribution in [0, 0.1) is 5.92 Å². The maximum absolute atomic E-state index is 6.13. The second kappa shape index (κ2) is 5.33. The van der Waals surface area contributed by atoms with Gasteiger partial charge in [0.2, 0.25) is 0 Å². The number of hydrogen-bond acceptors (Lipinski definition) is 3. The van der Waals surface area contributed by atoms with Crippen LogP contribution in [0.25, 0.3) is 4.96 Å². The highest BCUT2D eigenvalue weighted by atomic mass is 35.5. The van der Waals surface area contributed by atoms with Gasteiger partial charge in [-0.15, -0.1) is 22.9 Å². The van der Waals surface area contributed by atoms with Crippen molar-refractivity contribution in [3.8, 4) is 0 Å². The summed E-state index contributed by atoms with van der Waals surface area (Å²) in [7, 11) is 2.17. The van der Waals surface area contributed by atoms with Crippen molar-refractivity contribution in [3.63, 3.8) is 0 Å². The van der Waals surface area contributed by atoms with Crippen LogP contribution in [0.2, 0.25) is 0 Å². The molecule has 1 aliphatic rings. The quantitative estimate of drug-likeness (QED) is 0.793. The molecule has 0 N–H and O–H groups in total. The molecule has 1 saturated carbocycles. The van der Waals surface area contributed by atoms with E-state index >= 15 is 0 Å². The number of hydrogen-bond donors (Lipinski definition) is 0. The van der Waals surface area contributed by atoms with Gasteiger partial charge in [-0.25, -0.2) is 4.98 Å². The zero-order valence-electron chi connectivity index (χ0n) is 11.5. The van der Waals surface area contributed by atoms with Crippen molar-refractivity contribution in [1.29, 1.82) is 0 Å². The Bertz CT molecular complexity index is 554. The number of aromatic nitrogens is 2. The normalized spacial score (nSPS) is 23.9. The summed E-state index contributed by atoms with van der Waals surface area (Å²) in [5, 5.41) is 2.06. The SMILES string of the molecule is CC1CCC(N(C)c2nc3sccn3c2CCl)CC1. The van der Waals surface area contributed by atoms with Crippen LogP contribution in [0.15, 0.2) is 11.6 Å². The van der Waals surface area contributed by atoms with Crippen molar-refractivity contribution in [2.75, 3.05) is 11.9 Å². The molecule has 1 fully saturated rings. The predicted octanol–water partition coefficient (Wildman–Crippen LogP) is 4.15. The fraction of sp³-hybridized carbons (Fsp3) is 0.643. The second-order valence-corrected chi connectivity index (χ2v) is 6.74. The number of thiazole rings is 1. The van der Waals surface area contributed by atoms with Gasteiger partial charge in [-0.2, -0.15) is 0 Å². The molecule has 0 bridgehead atoms. The van der Waals surface area contributed by atoms with Crippen LogP contribution < -0.4 is 4.90 Å². The lowest BCUT2D eigenvalue weighted by Crippen LogP contribution is -2.35. The van der Waals surface area contributed by atoms with Crippen molar-refractivity contribution < 1.29 is 0 Å². The van der Waals surface area contributed by atoms with Crippen LogP contribution in [0.3, 0.4) is 0 Å². The van der Waals surface area contributed by atoms with Gasteiger partial charge in [-0.05, 0) is 31.6 Å². The molecule has 104 valence electrons. The van der Waals surface area contributed by atoms with E-state index in [0.717, 1.165) is 22.4 Å². The summed E-state index contributed by atoms with van der Waals surface area (Å²) in [5.41, 5.74) is 1.12. The molecule has 1 aliphatic carbocycles. The van der Waals surface area contributed by atoms with Gasteiger partial charge in [-0.3, -0.25) is 4.40 Å². The molecule has 19 heavy (non-hydrogen) atoms. The maximum atomic E-state index is 6.13. The Labute approximate surface area is 123 Å². The van der Waals surface area contributed by atoms with Gasteiger partial charge in [0.05, 0.1) is 11.6 Å². The number of imidazole rings is 1. The maximum Gasteiger partial charge on any atom is 0.195 e. The van der Waals surface area contributed by atoms with E-state index in [1.807, 2.05) is 0 Å². The summed E-state index contributed by atoms with van der Waals surface area (Å²) in [6.07, 6.45) is 7.25. The van der Waals surface area contributed by atoms with Crippen molar-refractivity contribution in [2.24, 2.45) is 5.92 Å². The number of nitrogens with zero attached hydrogens (tertiary/aromatic N) is 3. The van der Waals surface area contributed by atoms with Gasteiger partial charge in [-0.1, -0.05) is 6.92 Å². The third kappa shape index (κ3) is 2.36. The minimum absolute atomic E-state index is 0.515. The summed E-state index contributed by atoms with van der Waals surface area (Å²) in [6, 6.07) is 0.614. The number of anilines is 1. The summed E-state index contributed by atoms with van der Waals surface area (Å²) < 4.78 is 2.12. The van der Waals surface area contributed by atoms with E-state index < -0.39 is 0 Å². The molecule has 3 nitrogen and oxygen atoms in total. The summed E-state index contributed by atoms with van der Waals surface area (Å²) in [4.78, 5) is 8.15. The Balaban J connectivity index is 1.88. The lowest BCUT2D eigenvalue weighted by atomic mass is 9.87. The van der Waals surface area contributed by atoms with Gasteiger partial charge in [0.25, 0.3) is 0 Å². The van der Waals surface area contributed by atoms with Crippen LogP contribution >= 0.6 is 22.9 Å². The van der Waals surface area contributed by atoms with E-state index in [2.05, 4.69) is 34.8 Å². The van der Waals surface area contributed by atoms with Crippen LogP contribution in [0.5, 0.6) is 0 Å². The fourth-order valence-corrected chi connectivity index (χ4v) is 4.01. The largest absolute Gasteiger partial charge is 0.355 e. The monoisotopic (exact) mass is 297 g/mol. The van der Waals surface area contributed by atoms with Crippen molar-refractivity contribution in [3.05, 3.63) is 17.3 Å². The summed E-state index contributed by atoms with van der Waals surface area (Å²) >= 11 is 7.80. The summed E-state index contributed by atoms with van der Waals surface area (Å²) in [6.45, 7) is 2.35. The average Bonchev–Trinajstić information content (AvgIpc) is 2.98. The standard InChI is InChI=1S/C14H20ClN3S/c1-10-3-5-11(6-4-10)17(2)13-12(9-15)18-7-8-19-14(18)16-13/h7-8,10-11H,3-6,9H2,1-2H3. The van der Waals surface area contributed by atoms with E-state index in [-0.39, 0.29) is 0 Å². The van der Waals surface area contributed by atoms with Crippen LogP contribution in [0.4, 0.5) is 5.82 Å². The van der Waals surface area contributed by atoms with Crippen LogP contribution in [-0.2, 0) is 5.88 Å². The van der Waals surface area contributed by atoms with Gasteiger partial charge in [0, 0.05) is 24.7 Å². The number of alkyl halides is 1. The molecule has 2 heterocycles. The molecule has 0 unspecified atom stereocenters.